The van der Waals surface area contributed by atoms with Crippen LogP contribution in [0.4, 0.5) is 0 Å². The Morgan fingerprint density at radius 1 is 0.349 bits per heavy atom. The highest BCUT2D eigenvalue weighted by Gasteiger charge is 2.16. The van der Waals surface area contributed by atoms with Gasteiger partial charge in [0.05, 0.1) is 5.69 Å². The first kappa shape index (κ1) is 25.0. The second-order valence-electron chi connectivity index (χ2n) is 10.8. The number of benzene rings is 6. The lowest BCUT2D eigenvalue weighted by Gasteiger charge is -2.07. The van der Waals surface area contributed by atoms with Crippen LogP contribution >= 0.6 is 0 Å². The van der Waals surface area contributed by atoms with Gasteiger partial charge in [0.25, 0.3) is 0 Å². The minimum Gasteiger partial charge on any atom is -0.455 e. The monoisotopic (exact) mass is 549 g/mol. The smallest absolute Gasteiger partial charge is 0.143 e. The first-order valence-corrected chi connectivity index (χ1v) is 14.5. The Hall–Kier alpha value is -5.73. The molecule has 2 aromatic heterocycles. The number of hydrogen-bond acceptors (Lipinski definition) is 2. The first-order valence-electron chi connectivity index (χ1n) is 14.5. The van der Waals surface area contributed by atoms with Crippen LogP contribution < -0.4 is 0 Å². The van der Waals surface area contributed by atoms with Crippen molar-refractivity contribution in [1.82, 2.24) is 4.98 Å². The fraction of sp³-hybridized carbons (Fsp3) is 0. The van der Waals surface area contributed by atoms with Crippen molar-refractivity contribution in [3.05, 3.63) is 164 Å². The molecule has 0 unspecified atom stereocenters. The van der Waals surface area contributed by atoms with Crippen LogP contribution in [-0.2, 0) is 0 Å². The molecule has 0 aliphatic carbocycles. The molecule has 2 heterocycles. The highest BCUT2D eigenvalue weighted by atomic mass is 16.3. The average Bonchev–Trinajstić information content (AvgIpc) is 3.49. The average molecular weight is 550 g/mol. The Bertz CT molecular complexity index is 2190. The Morgan fingerprint density at radius 2 is 0.860 bits per heavy atom. The number of nitrogens with zero attached hydrogens (tertiary/aromatic N) is 1. The largest absolute Gasteiger partial charge is 0.455 e. The maximum atomic E-state index is 6.73. The van der Waals surface area contributed by atoms with Gasteiger partial charge in [-0.15, -0.1) is 0 Å². The summed E-state index contributed by atoms with van der Waals surface area (Å²) in [5.41, 5.74) is 13.0. The van der Waals surface area contributed by atoms with Gasteiger partial charge in [0.1, 0.15) is 11.2 Å². The summed E-state index contributed by atoms with van der Waals surface area (Å²) in [5, 5.41) is 2.25. The van der Waals surface area contributed by atoms with E-state index in [-0.39, 0.29) is 0 Å². The van der Waals surface area contributed by atoms with Crippen LogP contribution in [0.3, 0.4) is 0 Å². The molecule has 2 nitrogen and oxygen atoms in total. The van der Waals surface area contributed by atoms with E-state index < -0.39 is 0 Å². The summed E-state index contributed by atoms with van der Waals surface area (Å²) in [7, 11) is 0. The second-order valence-corrected chi connectivity index (χ2v) is 10.8. The van der Waals surface area contributed by atoms with Crippen molar-refractivity contribution in [3.8, 4) is 55.8 Å². The molecule has 0 N–H and O–H groups in total. The molecule has 0 bridgehead atoms. The number of rotatable bonds is 5. The first-order chi connectivity index (χ1) is 21.3. The van der Waals surface area contributed by atoms with Gasteiger partial charge < -0.3 is 4.42 Å². The molecule has 8 aromatic rings. The summed E-state index contributed by atoms with van der Waals surface area (Å²) < 4.78 is 6.73. The topological polar surface area (TPSA) is 26.0 Å². The highest BCUT2D eigenvalue weighted by molar-refractivity contribution is 6.13. The standard InChI is InChI=1S/C41H27NO/c1-3-10-28(11-4-1)32-14-7-15-33(26-32)36-17-9-19-38-37-18-8-16-35(40(37)43-41(36)38)30-22-20-29(21-23-30)34-24-25-39(42-27-34)31-12-5-2-6-13-31/h1-27H. The molecule has 0 atom stereocenters. The van der Waals surface area contributed by atoms with E-state index in [4.69, 9.17) is 9.40 Å². The van der Waals surface area contributed by atoms with Crippen LogP contribution in [0, 0.1) is 0 Å². The number of para-hydroxylation sites is 2. The molecule has 202 valence electrons. The van der Waals surface area contributed by atoms with E-state index in [0.29, 0.717) is 0 Å². The van der Waals surface area contributed by atoms with E-state index in [1.54, 1.807) is 0 Å². The highest BCUT2D eigenvalue weighted by Crippen LogP contribution is 2.40. The van der Waals surface area contributed by atoms with Crippen LogP contribution in [0.1, 0.15) is 0 Å². The van der Waals surface area contributed by atoms with Gasteiger partial charge in [-0.3, -0.25) is 4.98 Å². The number of furan rings is 1. The summed E-state index contributed by atoms with van der Waals surface area (Å²) >= 11 is 0. The molecule has 0 amide bonds. The normalized spacial score (nSPS) is 11.3. The number of fused-ring (bicyclic) bond motifs is 3. The molecule has 0 spiro atoms. The molecule has 0 fully saturated rings. The van der Waals surface area contributed by atoms with E-state index in [0.717, 1.165) is 66.6 Å². The van der Waals surface area contributed by atoms with Crippen LogP contribution in [0.25, 0.3) is 77.7 Å². The van der Waals surface area contributed by atoms with E-state index >= 15 is 0 Å². The second kappa shape index (κ2) is 10.6. The van der Waals surface area contributed by atoms with Gasteiger partial charge in [-0.2, -0.15) is 0 Å². The van der Waals surface area contributed by atoms with Gasteiger partial charge in [-0.1, -0.05) is 146 Å². The third-order valence-corrected chi connectivity index (χ3v) is 8.17. The van der Waals surface area contributed by atoms with Crippen molar-refractivity contribution < 1.29 is 4.42 Å². The summed E-state index contributed by atoms with van der Waals surface area (Å²) in [5.74, 6) is 0. The Kier molecular flexibility index (Phi) is 6.16. The third-order valence-electron chi connectivity index (χ3n) is 8.17. The zero-order valence-corrected chi connectivity index (χ0v) is 23.4. The zero-order chi connectivity index (χ0) is 28.6. The molecular formula is C41H27NO. The molecular weight excluding hydrogens is 522 g/mol. The summed E-state index contributed by atoms with van der Waals surface area (Å²) in [4.78, 5) is 4.71. The lowest BCUT2D eigenvalue weighted by atomic mass is 9.97. The van der Waals surface area contributed by atoms with Gasteiger partial charge in [0.15, 0.2) is 0 Å². The molecule has 0 radical (unpaired) electrons. The molecule has 0 aliphatic rings. The third kappa shape index (κ3) is 4.60. The Morgan fingerprint density at radius 3 is 1.51 bits per heavy atom. The van der Waals surface area contributed by atoms with Crippen LogP contribution in [-0.4, -0.2) is 4.98 Å². The van der Waals surface area contributed by atoms with Gasteiger partial charge in [-0.25, -0.2) is 0 Å². The fourth-order valence-corrected chi connectivity index (χ4v) is 5.96. The Labute approximate surface area is 250 Å². The van der Waals surface area contributed by atoms with Crippen molar-refractivity contribution in [2.24, 2.45) is 0 Å². The van der Waals surface area contributed by atoms with E-state index in [1.807, 2.05) is 30.5 Å². The fourth-order valence-electron chi connectivity index (χ4n) is 5.96. The number of aromatic nitrogens is 1. The van der Waals surface area contributed by atoms with Gasteiger partial charge in [0, 0.05) is 39.2 Å². The Balaban J connectivity index is 1.16. The lowest BCUT2D eigenvalue weighted by Crippen LogP contribution is -1.85. The van der Waals surface area contributed by atoms with Gasteiger partial charge in [-0.05, 0) is 39.9 Å². The number of pyridine rings is 1. The molecule has 43 heavy (non-hydrogen) atoms. The minimum absolute atomic E-state index is 0.908. The van der Waals surface area contributed by atoms with E-state index in [1.165, 1.54) is 11.1 Å². The van der Waals surface area contributed by atoms with Crippen molar-refractivity contribution in [1.29, 1.82) is 0 Å². The van der Waals surface area contributed by atoms with Gasteiger partial charge in [0.2, 0.25) is 0 Å². The van der Waals surface area contributed by atoms with Gasteiger partial charge >= 0.3 is 0 Å². The quantitative estimate of drug-likeness (QED) is 0.213. The maximum absolute atomic E-state index is 6.73. The predicted molar refractivity (Wildman–Crippen MR) is 179 cm³/mol. The number of hydrogen-bond donors (Lipinski definition) is 0. The molecule has 0 saturated heterocycles. The van der Waals surface area contributed by atoms with Crippen molar-refractivity contribution >= 4 is 21.9 Å². The molecule has 8 rings (SSSR count). The molecule has 0 aliphatic heterocycles. The summed E-state index contributed by atoms with van der Waals surface area (Å²) in [6, 6.07) is 55.2. The van der Waals surface area contributed by atoms with Crippen LogP contribution in [0.2, 0.25) is 0 Å². The summed E-state index contributed by atoms with van der Waals surface area (Å²) in [6.45, 7) is 0. The SMILES string of the molecule is c1ccc(-c2cccc(-c3cccc4c3oc3c(-c5ccc(-c6ccc(-c7ccccc7)nc6)cc5)cccc34)c2)cc1. The summed E-state index contributed by atoms with van der Waals surface area (Å²) in [6.07, 6.45) is 1.95. The van der Waals surface area contributed by atoms with E-state index in [9.17, 15) is 0 Å². The lowest BCUT2D eigenvalue weighted by molar-refractivity contribution is 0.671. The van der Waals surface area contributed by atoms with Crippen LogP contribution in [0.5, 0.6) is 0 Å². The molecule has 0 saturated carbocycles. The van der Waals surface area contributed by atoms with Crippen molar-refractivity contribution in [2.75, 3.05) is 0 Å². The van der Waals surface area contributed by atoms with Crippen molar-refractivity contribution in [3.63, 3.8) is 0 Å². The van der Waals surface area contributed by atoms with E-state index in [2.05, 4.69) is 133 Å². The van der Waals surface area contributed by atoms with Crippen LogP contribution in [0.15, 0.2) is 168 Å². The van der Waals surface area contributed by atoms with Crippen molar-refractivity contribution in [2.45, 2.75) is 0 Å². The minimum atomic E-state index is 0.908. The molecule has 2 heteroatoms. The predicted octanol–water partition coefficient (Wildman–Crippen LogP) is 11.3. The zero-order valence-electron chi connectivity index (χ0n) is 23.4. The molecule has 6 aromatic carbocycles. The maximum Gasteiger partial charge on any atom is 0.143 e.